The van der Waals surface area contributed by atoms with E-state index in [2.05, 4.69) is 27.7 Å². The molecule has 1 fully saturated rings. The Hall–Kier alpha value is -0.120. The molecule has 1 rings (SSSR count). The smallest absolute Gasteiger partial charge is 0.0729 e. The summed E-state index contributed by atoms with van der Waals surface area (Å²) >= 11 is 0. The quantitative estimate of drug-likeness (QED) is 0.744. The van der Waals surface area contributed by atoms with Crippen molar-refractivity contribution in [3.05, 3.63) is 0 Å². The van der Waals surface area contributed by atoms with Crippen LogP contribution in [0.3, 0.4) is 0 Å². The third kappa shape index (κ3) is 6.17. The van der Waals surface area contributed by atoms with Crippen molar-refractivity contribution in [2.75, 3.05) is 13.2 Å². The zero-order valence-corrected chi connectivity index (χ0v) is 12.6. The second kappa shape index (κ2) is 7.46. The molecule has 3 unspecified atom stereocenters. The van der Waals surface area contributed by atoms with Crippen molar-refractivity contribution in [3.63, 3.8) is 0 Å². The van der Waals surface area contributed by atoms with Gasteiger partial charge in [0.15, 0.2) is 0 Å². The molecule has 0 heterocycles. The fourth-order valence-corrected chi connectivity index (χ4v) is 2.64. The van der Waals surface area contributed by atoms with Gasteiger partial charge in [-0.15, -0.1) is 0 Å². The molecular weight excluding hydrogens is 226 g/mol. The minimum Gasteiger partial charge on any atom is -0.374 e. The first-order valence-electron chi connectivity index (χ1n) is 7.43. The molecule has 0 aromatic heterocycles. The van der Waals surface area contributed by atoms with Crippen molar-refractivity contribution < 1.29 is 9.47 Å². The lowest BCUT2D eigenvalue weighted by Crippen LogP contribution is -2.42. The molecule has 0 aliphatic heterocycles. The highest BCUT2D eigenvalue weighted by Gasteiger charge is 2.28. The number of hydrogen-bond donors (Lipinski definition) is 1. The standard InChI is InChI=1S/C15H31NO2/c1-5-6-12-7-8-13(16)14(11-12)17-9-10-18-15(2,3)4/h12-14H,5-11,16H2,1-4H3. The van der Waals surface area contributed by atoms with Gasteiger partial charge in [-0.25, -0.2) is 0 Å². The van der Waals surface area contributed by atoms with Gasteiger partial charge in [-0.3, -0.25) is 0 Å². The van der Waals surface area contributed by atoms with E-state index in [0.29, 0.717) is 13.2 Å². The Morgan fingerprint density at radius 2 is 1.89 bits per heavy atom. The topological polar surface area (TPSA) is 44.5 Å². The average Bonchev–Trinajstić information content (AvgIpc) is 2.27. The molecule has 108 valence electrons. The summed E-state index contributed by atoms with van der Waals surface area (Å²) in [7, 11) is 0. The SMILES string of the molecule is CCCC1CCC(N)C(OCCOC(C)(C)C)C1. The van der Waals surface area contributed by atoms with Gasteiger partial charge in [0, 0.05) is 6.04 Å². The monoisotopic (exact) mass is 257 g/mol. The van der Waals surface area contributed by atoms with E-state index in [-0.39, 0.29) is 17.7 Å². The van der Waals surface area contributed by atoms with Crippen molar-refractivity contribution in [2.24, 2.45) is 11.7 Å². The van der Waals surface area contributed by atoms with E-state index >= 15 is 0 Å². The fraction of sp³-hybridized carbons (Fsp3) is 1.00. The third-order valence-electron chi connectivity index (χ3n) is 3.60. The van der Waals surface area contributed by atoms with Gasteiger partial charge in [0.1, 0.15) is 0 Å². The molecule has 18 heavy (non-hydrogen) atoms. The van der Waals surface area contributed by atoms with Crippen molar-refractivity contribution in [1.82, 2.24) is 0 Å². The minimum atomic E-state index is -0.0806. The van der Waals surface area contributed by atoms with Gasteiger partial charge in [0.25, 0.3) is 0 Å². The zero-order chi connectivity index (χ0) is 13.6. The second-order valence-electron chi connectivity index (χ2n) is 6.50. The summed E-state index contributed by atoms with van der Waals surface area (Å²) in [5.41, 5.74) is 6.06. The van der Waals surface area contributed by atoms with Crippen LogP contribution in [0.5, 0.6) is 0 Å². The van der Waals surface area contributed by atoms with E-state index in [1.165, 1.54) is 19.3 Å². The predicted molar refractivity (Wildman–Crippen MR) is 75.7 cm³/mol. The van der Waals surface area contributed by atoms with Crippen molar-refractivity contribution >= 4 is 0 Å². The average molecular weight is 257 g/mol. The Morgan fingerprint density at radius 1 is 1.17 bits per heavy atom. The van der Waals surface area contributed by atoms with Crippen molar-refractivity contribution in [3.8, 4) is 0 Å². The maximum atomic E-state index is 6.14. The summed E-state index contributed by atoms with van der Waals surface area (Å²) in [6.45, 7) is 9.77. The van der Waals surface area contributed by atoms with E-state index in [9.17, 15) is 0 Å². The first-order valence-corrected chi connectivity index (χ1v) is 7.43. The molecule has 3 heteroatoms. The Bertz CT molecular complexity index is 225. The molecular formula is C15H31NO2. The number of nitrogens with two attached hydrogens (primary N) is 1. The molecule has 2 N–H and O–H groups in total. The zero-order valence-electron chi connectivity index (χ0n) is 12.6. The molecule has 0 aromatic carbocycles. The fourth-order valence-electron chi connectivity index (χ4n) is 2.64. The van der Waals surface area contributed by atoms with Gasteiger partial charge in [0.2, 0.25) is 0 Å². The van der Waals surface area contributed by atoms with Crippen molar-refractivity contribution in [2.45, 2.75) is 77.5 Å². The van der Waals surface area contributed by atoms with Gasteiger partial charge in [0.05, 0.1) is 24.9 Å². The Morgan fingerprint density at radius 3 is 2.50 bits per heavy atom. The largest absolute Gasteiger partial charge is 0.374 e. The second-order valence-corrected chi connectivity index (χ2v) is 6.50. The van der Waals surface area contributed by atoms with Crippen LogP contribution in [0.2, 0.25) is 0 Å². The van der Waals surface area contributed by atoms with Crippen LogP contribution in [0, 0.1) is 5.92 Å². The summed E-state index contributed by atoms with van der Waals surface area (Å²) in [5.74, 6) is 0.809. The Labute approximate surface area is 112 Å². The normalized spacial score (nSPS) is 29.5. The Kier molecular flexibility index (Phi) is 6.61. The molecule has 0 aromatic rings. The van der Waals surface area contributed by atoms with Crippen LogP contribution in [0.4, 0.5) is 0 Å². The number of ether oxygens (including phenoxy) is 2. The number of hydrogen-bond acceptors (Lipinski definition) is 3. The molecule has 1 aliphatic carbocycles. The van der Waals surface area contributed by atoms with Crippen LogP contribution < -0.4 is 5.73 Å². The van der Waals surface area contributed by atoms with E-state index in [4.69, 9.17) is 15.2 Å². The molecule has 0 saturated heterocycles. The number of rotatable bonds is 6. The minimum absolute atomic E-state index is 0.0806. The summed E-state index contributed by atoms with van der Waals surface area (Å²) in [4.78, 5) is 0. The molecule has 3 nitrogen and oxygen atoms in total. The highest BCUT2D eigenvalue weighted by Crippen LogP contribution is 2.29. The van der Waals surface area contributed by atoms with Gasteiger partial charge in [-0.05, 0) is 46.0 Å². The predicted octanol–water partition coefficient (Wildman–Crippen LogP) is 3.11. The van der Waals surface area contributed by atoms with E-state index in [0.717, 1.165) is 18.8 Å². The van der Waals surface area contributed by atoms with Gasteiger partial charge in [-0.1, -0.05) is 19.8 Å². The summed E-state index contributed by atoms with van der Waals surface area (Å²) in [6.07, 6.45) is 6.32. The summed E-state index contributed by atoms with van der Waals surface area (Å²) < 4.78 is 11.6. The van der Waals surface area contributed by atoms with Crippen molar-refractivity contribution in [1.29, 1.82) is 0 Å². The van der Waals surface area contributed by atoms with Crippen LogP contribution >= 0.6 is 0 Å². The van der Waals surface area contributed by atoms with Crippen LogP contribution in [0.15, 0.2) is 0 Å². The summed E-state index contributed by atoms with van der Waals surface area (Å²) in [5, 5.41) is 0. The van der Waals surface area contributed by atoms with E-state index < -0.39 is 0 Å². The molecule has 0 radical (unpaired) electrons. The first-order chi connectivity index (χ1) is 8.42. The molecule has 1 saturated carbocycles. The first kappa shape index (κ1) is 15.9. The maximum absolute atomic E-state index is 6.14. The van der Waals surface area contributed by atoms with E-state index in [1.54, 1.807) is 0 Å². The van der Waals surface area contributed by atoms with Crippen LogP contribution in [0.25, 0.3) is 0 Å². The molecule has 3 atom stereocenters. The van der Waals surface area contributed by atoms with Crippen LogP contribution in [0.1, 0.15) is 59.8 Å². The lowest BCUT2D eigenvalue weighted by Gasteiger charge is -2.34. The molecule has 0 bridgehead atoms. The van der Waals surface area contributed by atoms with Crippen LogP contribution in [-0.2, 0) is 9.47 Å². The Balaban J connectivity index is 2.22. The molecule has 1 aliphatic rings. The van der Waals surface area contributed by atoms with Gasteiger partial charge < -0.3 is 15.2 Å². The molecule has 0 amide bonds. The van der Waals surface area contributed by atoms with E-state index in [1.807, 2.05) is 0 Å². The highest BCUT2D eigenvalue weighted by molar-refractivity contribution is 4.83. The van der Waals surface area contributed by atoms with Gasteiger partial charge >= 0.3 is 0 Å². The third-order valence-corrected chi connectivity index (χ3v) is 3.60. The lowest BCUT2D eigenvalue weighted by atomic mass is 9.82. The van der Waals surface area contributed by atoms with Crippen LogP contribution in [-0.4, -0.2) is 31.0 Å². The van der Waals surface area contributed by atoms with Gasteiger partial charge in [-0.2, -0.15) is 0 Å². The molecule has 0 spiro atoms. The lowest BCUT2D eigenvalue weighted by molar-refractivity contribution is -0.0666. The highest BCUT2D eigenvalue weighted by atomic mass is 16.5. The summed E-state index contributed by atoms with van der Waals surface area (Å²) in [6, 6.07) is 0.216. The maximum Gasteiger partial charge on any atom is 0.0729 e.